The molecule has 0 aliphatic carbocycles. The molecule has 0 aliphatic rings. The Kier molecular flexibility index (Phi) is 11.8. The second-order valence-corrected chi connectivity index (χ2v) is 9.62. The highest BCUT2D eigenvalue weighted by atomic mass is 16.5. The van der Waals surface area contributed by atoms with E-state index in [0.29, 0.717) is 12.5 Å². The van der Waals surface area contributed by atoms with Crippen molar-refractivity contribution in [2.24, 2.45) is 17.6 Å². The van der Waals surface area contributed by atoms with Gasteiger partial charge in [-0.05, 0) is 48.4 Å². The van der Waals surface area contributed by atoms with Crippen LogP contribution in [0, 0.1) is 11.8 Å². The summed E-state index contributed by atoms with van der Waals surface area (Å²) in [6, 6.07) is 16.4. The fourth-order valence-corrected chi connectivity index (χ4v) is 3.89. The van der Waals surface area contributed by atoms with E-state index >= 15 is 0 Å². The van der Waals surface area contributed by atoms with E-state index < -0.39 is 12.1 Å². The smallest absolute Gasteiger partial charge is 0.237 e. The third kappa shape index (κ3) is 9.02. The normalized spacial score (nSPS) is 15.4. The minimum Gasteiger partial charge on any atom is -0.493 e. The van der Waals surface area contributed by atoms with Crippen LogP contribution < -0.4 is 21.1 Å². The van der Waals surface area contributed by atoms with Gasteiger partial charge in [0.25, 0.3) is 0 Å². The van der Waals surface area contributed by atoms with Crippen molar-refractivity contribution in [2.75, 3.05) is 13.2 Å². The molecule has 0 radical (unpaired) electrons. The molecule has 35 heavy (non-hydrogen) atoms. The first kappa shape index (κ1) is 28.4. The van der Waals surface area contributed by atoms with Crippen LogP contribution in [-0.4, -0.2) is 31.0 Å². The standard InChI is InChI=1S/C29H43N3O3/c1-6-11-20(3)19-35-25-16-14-24(15-17-25)26(18-31-29(34)27(30)21(4)7-2)32-28(33)22(5)23-12-9-8-10-13-23/h8-10,12-17,20-22,26-27H,6-7,11,18-19,30H2,1-5H3,(H,31,34)(H,32,33)/t20?,21-,22?,26+,27-/m1/s1. The van der Waals surface area contributed by atoms with Gasteiger partial charge in [0, 0.05) is 6.54 Å². The molecule has 4 N–H and O–H groups in total. The van der Waals surface area contributed by atoms with Crippen LogP contribution in [0.3, 0.4) is 0 Å². The quantitative estimate of drug-likeness (QED) is 0.356. The zero-order valence-electron chi connectivity index (χ0n) is 21.9. The van der Waals surface area contributed by atoms with Crippen LogP contribution in [0.15, 0.2) is 54.6 Å². The van der Waals surface area contributed by atoms with Gasteiger partial charge >= 0.3 is 0 Å². The number of rotatable bonds is 14. The average molecular weight is 482 g/mol. The third-order valence-electron chi connectivity index (χ3n) is 6.65. The summed E-state index contributed by atoms with van der Waals surface area (Å²) in [4.78, 5) is 25.7. The summed E-state index contributed by atoms with van der Waals surface area (Å²) >= 11 is 0. The summed E-state index contributed by atoms with van der Waals surface area (Å²) < 4.78 is 5.93. The van der Waals surface area contributed by atoms with Gasteiger partial charge in [-0.1, -0.05) is 83.0 Å². The Morgan fingerprint density at radius 2 is 1.57 bits per heavy atom. The molecule has 2 aromatic rings. The number of hydrogen-bond acceptors (Lipinski definition) is 4. The number of amides is 2. The van der Waals surface area contributed by atoms with Crippen LogP contribution in [0.1, 0.15) is 77.0 Å². The molecule has 2 aromatic carbocycles. The predicted molar refractivity (Wildman–Crippen MR) is 142 cm³/mol. The van der Waals surface area contributed by atoms with Crippen molar-refractivity contribution < 1.29 is 14.3 Å². The van der Waals surface area contributed by atoms with Gasteiger partial charge in [-0.3, -0.25) is 9.59 Å². The summed E-state index contributed by atoms with van der Waals surface area (Å²) in [6.45, 7) is 11.1. The maximum atomic E-state index is 13.1. The Bertz CT molecular complexity index is 901. The maximum absolute atomic E-state index is 13.1. The zero-order valence-corrected chi connectivity index (χ0v) is 21.9. The first-order valence-electron chi connectivity index (χ1n) is 12.9. The molecule has 0 aromatic heterocycles. The van der Waals surface area contributed by atoms with Gasteiger partial charge in [-0.25, -0.2) is 0 Å². The molecule has 0 aliphatic heterocycles. The van der Waals surface area contributed by atoms with Gasteiger partial charge in [-0.2, -0.15) is 0 Å². The van der Waals surface area contributed by atoms with E-state index in [-0.39, 0.29) is 30.2 Å². The molecule has 5 atom stereocenters. The van der Waals surface area contributed by atoms with Crippen molar-refractivity contribution in [1.82, 2.24) is 10.6 Å². The summed E-state index contributed by atoms with van der Waals surface area (Å²) in [7, 11) is 0. The molecule has 0 bridgehead atoms. The number of nitrogens with two attached hydrogens (primary N) is 1. The monoisotopic (exact) mass is 481 g/mol. The van der Waals surface area contributed by atoms with Crippen LogP contribution in [0.5, 0.6) is 5.75 Å². The van der Waals surface area contributed by atoms with Crippen LogP contribution in [0.2, 0.25) is 0 Å². The van der Waals surface area contributed by atoms with E-state index in [1.807, 2.05) is 75.4 Å². The van der Waals surface area contributed by atoms with E-state index in [9.17, 15) is 9.59 Å². The van der Waals surface area contributed by atoms with Crippen LogP contribution in [-0.2, 0) is 9.59 Å². The number of benzene rings is 2. The van der Waals surface area contributed by atoms with Crippen molar-refractivity contribution in [3.63, 3.8) is 0 Å². The number of nitrogens with one attached hydrogen (secondary N) is 2. The van der Waals surface area contributed by atoms with Gasteiger partial charge in [0.2, 0.25) is 11.8 Å². The first-order chi connectivity index (χ1) is 16.8. The highest BCUT2D eigenvalue weighted by molar-refractivity contribution is 5.84. The Morgan fingerprint density at radius 3 is 2.17 bits per heavy atom. The summed E-state index contributed by atoms with van der Waals surface area (Å²) in [6.07, 6.45) is 3.09. The highest BCUT2D eigenvalue weighted by Crippen LogP contribution is 2.21. The van der Waals surface area contributed by atoms with Crippen LogP contribution in [0.25, 0.3) is 0 Å². The first-order valence-corrected chi connectivity index (χ1v) is 12.9. The van der Waals surface area contributed by atoms with Crippen molar-refractivity contribution in [1.29, 1.82) is 0 Å². The van der Waals surface area contributed by atoms with Crippen LogP contribution in [0.4, 0.5) is 0 Å². The SMILES string of the molecule is CCCC(C)COc1ccc([C@H](CNC(=O)[C@H](N)[C@H](C)CC)NC(=O)C(C)c2ccccc2)cc1. The summed E-state index contributed by atoms with van der Waals surface area (Å²) in [5, 5.41) is 6.06. The number of carbonyl (C=O) groups excluding carboxylic acids is 2. The lowest BCUT2D eigenvalue weighted by molar-refractivity contribution is -0.125. The van der Waals surface area contributed by atoms with E-state index in [4.69, 9.17) is 10.5 Å². The average Bonchev–Trinajstić information content (AvgIpc) is 2.89. The lowest BCUT2D eigenvalue weighted by Crippen LogP contribution is -2.47. The third-order valence-corrected chi connectivity index (χ3v) is 6.65. The molecule has 0 spiro atoms. The molecular formula is C29H43N3O3. The van der Waals surface area contributed by atoms with Gasteiger partial charge in [0.05, 0.1) is 24.6 Å². The van der Waals surface area contributed by atoms with Crippen molar-refractivity contribution >= 4 is 11.8 Å². The molecule has 192 valence electrons. The second-order valence-electron chi connectivity index (χ2n) is 9.62. The molecule has 0 fully saturated rings. The van der Waals surface area contributed by atoms with Crippen LogP contribution >= 0.6 is 0 Å². The minimum absolute atomic E-state index is 0.0766. The van der Waals surface area contributed by atoms with Crippen molar-refractivity contribution in [3.8, 4) is 5.75 Å². The summed E-state index contributed by atoms with van der Waals surface area (Å²) in [5.41, 5.74) is 7.94. The van der Waals surface area contributed by atoms with E-state index in [1.165, 1.54) is 0 Å². The lowest BCUT2D eigenvalue weighted by Gasteiger charge is -2.24. The van der Waals surface area contributed by atoms with Gasteiger partial charge in [-0.15, -0.1) is 0 Å². The largest absolute Gasteiger partial charge is 0.493 e. The molecule has 2 unspecified atom stereocenters. The molecule has 2 rings (SSSR count). The van der Waals surface area contributed by atoms with Crippen molar-refractivity contribution in [3.05, 3.63) is 65.7 Å². The Balaban J connectivity index is 2.13. The molecule has 2 amide bonds. The molecular weight excluding hydrogens is 438 g/mol. The molecule has 6 heteroatoms. The highest BCUT2D eigenvalue weighted by Gasteiger charge is 2.24. The Labute approximate surface area is 211 Å². The molecule has 0 heterocycles. The number of hydrogen-bond donors (Lipinski definition) is 3. The Morgan fingerprint density at radius 1 is 0.914 bits per heavy atom. The molecule has 0 saturated carbocycles. The van der Waals surface area contributed by atoms with Gasteiger partial charge in [0.15, 0.2) is 0 Å². The van der Waals surface area contributed by atoms with E-state index in [1.54, 1.807) is 0 Å². The number of carbonyl (C=O) groups is 2. The topological polar surface area (TPSA) is 93.4 Å². The van der Waals surface area contributed by atoms with Gasteiger partial charge in [0.1, 0.15) is 5.75 Å². The predicted octanol–water partition coefficient (Wildman–Crippen LogP) is 4.95. The lowest BCUT2D eigenvalue weighted by atomic mass is 9.98. The van der Waals surface area contributed by atoms with Gasteiger partial charge < -0.3 is 21.1 Å². The van der Waals surface area contributed by atoms with Crippen molar-refractivity contribution in [2.45, 2.75) is 71.9 Å². The maximum Gasteiger partial charge on any atom is 0.237 e. The summed E-state index contributed by atoms with van der Waals surface area (Å²) in [5.74, 6) is 0.737. The fourth-order valence-electron chi connectivity index (χ4n) is 3.89. The molecule has 6 nitrogen and oxygen atoms in total. The van der Waals surface area contributed by atoms with E-state index in [2.05, 4.69) is 24.5 Å². The zero-order chi connectivity index (χ0) is 25.8. The fraction of sp³-hybridized carbons (Fsp3) is 0.517. The second kappa shape index (κ2) is 14.5. The molecule has 0 saturated heterocycles. The van der Waals surface area contributed by atoms with E-state index in [0.717, 1.165) is 36.1 Å². The Hall–Kier alpha value is -2.86. The number of ether oxygens (including phenoxy) is 1. The minimum atomic E-state index is -0.583.